The molecule has 1 aliphatic heterocycles. The molecule has 2 aliphatic rings. The smallest absolute Gasteiger partial charge is 0.323 e. The highest BCUT2D eigenvalue weighted by Crippen LogP contribution is 2.39. The molecule has 1 aromatic carbocycles. The van der Waals surface area contributed by atoms with E-state index >= 15 is 0 Å². The number of anilines is 1. The average molecular weight is 497 g/mol. The lowest BCUT2D eigenvalue weighted by atomic mass is 9.99. The van der Waals surface area contributed by atoms with Crippen LogP contribution in [0.2, 0.25) is 5.02 Å². The number of carbonyl (C=O) groups is 2. The molecule has 1 aliphatic carbocycles. The van der Waals surface area contributed by atoms with E-state index in [0.29, 0.717) is 29.1 Å². The zero-order chi connectivity index (χ0) is 23.8. The minimum Gasteiger partial charge on any atom is -0.351 e. The SMILES string of the molecule is CC(C)C(=O)N[C@@H]1CCN(C(=O)Nc2nc3c(s2)-c2nc(-c4ccccc4Cl)ncc2CC3)C1. The van der Waals surface area contributed by atoms with Gasteiger partial charge < -0.3 is 10.2 Å². The first-order valence-electron chi connectivity index (χ1n) is 11.4. The quantitative estimate of drug-likeness (QED) is 0.557. The van der Waals surface area contributed by atoms with E-state index in [2.05, 4.69) is 20.6 Å². The first-order valence-corrected chi connectivity index (χ1v) is 12.6. The number of benzene rings is 1. The number of likely N-dealkylation sites (tertiary alicyclic amines) is 1. The molecule has 0 saturated carbocycles. The summed E-state index contributed by atoms with van der Waals surface area (Å²) in [5, 5.41) is 7.10. The summed E-state index contributed by atoms with van der Waals surface area (Å²) in [6, 6.07) is 7.29. The fraction of sp³-hybridized carbons (Fsp3) is 0.375. The van der Waals surface area contributed by atoms with Crippen LogP contribution in [0, 0.1) is 5.92 Å². The van der Waals surface area contributed by atoms with Gasteiger partial charge in [0, 0.05) is 36.8 Å². The maximum absolute atomic E-state index is 12.8. The summed E-state index contributed by atoms with van der Waals surface area (Å²) >= 11 is 7.78. The number of hydrogen-bond donors (Lipinski definition) is 2. The van der Waals surface area contributed by atoms with Gasteiger partial charge in [0.15, 0.2) is 11.0 Å². The molecule has 1 saturated heterocycles. The van der Waals surface area contributed by atoms with Gasteiger partial charge in [0.05, 0.1) is 21.3 Å². The Hall–Kier alpha value is -3.04. The minimum absolute atomic E-state index is 0.0108. The number of nitrogens with zero attached hydrogens (tertiary/aromatic N) is 4. The largest absolute Gasteiger partial charge is 0.351 e. The molecule has 2 N–H and O–H groups in total. The number of amides is 3. The number of aryl methyl sites for hydroxylation is 2. The number of urea groups is 1. The number of fused-ring (bicyclic) bond motifs is 3. The predicted octanol–water partition coefficient (Wildman–Crippen LogP) is 4.40. The Kier molecular flexibility index (Phi) is 6.22. The van der Waals surface area contributed by atoms with Crippen LogP contribution in [0.5, 0.6) is 0 Å². The maximum Gasteiger partial charge on any atom is 0.323 e. The van der Waals surface area contributed by atoms with Crippen LogP contribution in [0.1, 0.15) is 31.5 Å². The van der Waals surface area contributed by atoms with Crippen molar-refractivity contribution in [1.82, 2.24) is 25.2 Å². The molecule has 3 amide bonds. The molecule has 1 fully saturated rings. The van der Waals surface area contributed by atoms with Crippen molar-refractivity contribution in [3.63, 3.8) is 0 Å². The Morgan fingerprint density at radius 3 is 2.82 bits per heavy atom. The molecular weight excluding hydrogens is 472 g/mol. The van der Waals surface area contributed by atoms with Gasteiger partial charge in [-0.3, -0.25) is 10.1 Å². The average Bonchev–Trinajstić information content (AvgIpc) is 3.46. The summed E-state index contributed by atoms with van der Waals surface area (Å²) in [5.41, 5.74) is 3.63. The van der Waals surface area contributed by atoms with Gasteiger partial charge in [0.1, 0.15) is 0 Å². The first-order chi connectivity index (χ1) is 16.4. The summed E-state index contributed by atoms with van der Waals surface area (Å²) in [6.45, 7) is 4.81. The fourth-order valence-electron chi connectivity index (χ4n) is 4.17. The van der Waals surface area contributed by atoms with Crippen molar-refractivity contribution in [1.29, 1.82) is 0 Å². The van der Waals surface area contributed by atoms with Gasteiger partial charge in [-0.25, -0.2) is 19.7 Å². The third-order valence-electron chi connectivity index (χ3n) is 6.08. The normalized spacial score (nSPS) is 16.8. The lowest BCUT2D eigenvalue weighted by Gasteiger charge is -2.17. The van der Waals surface area contributed by atoms with E-state index < -0.39 is 0 Å². The van der Waals surface area contributed by atoms with Gasteiger partial charge in [0.2, 0.25) is 5.91 Å². The van der Waals surface area contributed by atoms with Crippen molar-refractivity contribution in [2.75, 3.05) is 18.4 Å². The van der Waals surface area contributed by atoms with E-state index in [9.17, 15) is 9.59 Å². The summed E-state index contributed by atoms with van der Waals surface area (Å²) in [4.78, 5) is 41.5. The van der Waals surface area contributed by atoms with Crippen molar-refractivity contribution in [3.8, 4) is 22.0 Å². The maximum atomic E-state index is 12.8. The van der Waals surface area contributed by atoms with Gasteiger partial charge in [-0.2, -0.15) is 0 Å². The molecule has 0 radical (unpaired) electrons. The second kappa shape index (κ2) is 9.31. The fourth-order valence-corrected chi connectivity index (χ4v) is 5.42. The highest BCUT2D eigenvalue weighted by atomic mass is 35.5. The van der Waals surface area contributed by atoms with Gasteiger partial charge in [-0.15, -0.1) is 0 Å². The van der Waals surface area contributed by atoms with E-state index in [1.165, 1.54) is 11.3 Å². The number of aromatic nitrogens is 3. The van der Waals surface area contributed by atoms with Crippen LogP contribution in [0.15, 0.2) is 30.5 Å². The molecule has 10 heteroatoms. The number of hydrogen-bond acceptors (Lipinski definition) is 6. The number of nitrogens with one attached hydrogen (secondary N) is 2. The predicted molar refractivity (Wildman–Crippen MR) is 133 cm³/mol. The molecule has 2 aromatic heterocycles. The van der Waals surface area contributed by atoms with Gasteiger partial charge in [0.25, 0.3) is 0 Å². The Morgan fingerprint density at radius 1 is 1.21 bits per heavy atom. The molecule has 8 nitrogen and oxygen atoms in total. The van der Waals surface area contributed by atoms with Crippen LogP contribution in [0.3, 0.4) is 0 Å². The molecule has 34 heavy (non-hydrogen) atoms. The number of rotatable bonds is 4. The van der Waals surface area contributed by atoms with Crippen molar-refractivity contribution in [2.45, 2.75) is 39.2 Å². The summed E-state index contributed by atoms with van der Waals surface area (Å²) in [6.07, 6.45) is 4.18. The molecule has 1 atom stereocenters. The van der Waals surface area contributed by atoms with Crippen LogP contribution >= 0.6 is 22.9 Å². The zero-order valence-electron chi connectivity index (χ0n) is 19.0. The number of thiazole rings is 1. The van der Waals surface area contributed by atoms with Crippen molar-refractivity contribution in [3.05, 3.63) is 46.7 Å². The lowest BCUT2D eigenvalue weighted by molar-refractivity contribution is -0.124. The molecule has 176 valence electrons. The third kappa shape index (κ3) is 4.50. The molecule has 0 bridgehead atoms. The van der Waals surface area contributed by atoms with E-state index in [4.69, 9.17) is 16.6 Å². The van der Waals surface area contributed by atoms with E-state index in [0.717, 1.165) is 46.7 Å². The van der Waals surface area contributed by atoms with Crippen LogP contribution < -0.4 is 10.6 Å². The summed E-state index contributed by atoms with van der Waals surface area (Å²) in [7, 11) is 0. The Morgan fingerprint density at radius 2 is 2.03 bits per heavy atom. The molecule has 0 unspecified atom stereocenters. The molecule has 3 aromatic rings. The van der Waals surface area contributed by atoms with Crippen LogP contribution in [0.4, 0.5) is 9.93 Å². The lowest BCUT2D eigenvalue weighted by Crippen LogP contribution is -2.41. The van der Waals surface area contributed by atoms with E-state index in [1.807, 2.05) is 44.3 Å². The Bertz CT molecular complexity index is 1260. The van der Waals surface area contributed by atoms with Crippen LogP contribution in [0.25, 0.3) is 22.0 Å². The van der Waals surface area contributed by atoms with Crippen molar-refractivity contribution < 1.29 is 9.59 Å². The van der Waals surface area contributed by atoms with E-state index in [1.54, 1.807) is 4.90 Å². The van der Waals surface area contributed by atoms with Crippen molar-refractivity contribution >= 4 is 40.0 Å². The molecule has 0 spiro atoms. The Balaban J connectivity index is 1.32. The van der Waals surface area contributed by atoms with Gasteiger partial charge in [-0.1, -0.05) is 48.9 Å². The van der Waals surface area contributed by atoms with Gasteiger partial charge >= 0.3 is 6.03 Å². The van der Waals surface area contributed by atoms with Crippen molar-refractivity contribution in [2.24, 2.45) is 5.92 Å². The second-order valence-corrected chi connectivity index (χ2v) is 10.3. The summed E-state index contributed by atoms with van der Waals surface area (Å²) in [5.74, 6) is 0.508. The second-order valence-electron chi connectivity index (χ2n) is 8.87. The highest BCUT2D eigenvalue weighted by molar-refractivity contribution is 7.19. The summed E-state index contributed by atoms with van der Waals surface area (Å²) < 4.78 is 0. The van der Waals surface area contributed by atoms with Gasteiger partial charge in [-0.05, 0) is 37.0 Å². The Labute approximate surface area is 206 Å². The number of halogens is 1. The monoisotopic (exact) mass is 496 g/mol. The number of carbonyl (C=O) groups excluding carboxylic acids is 2. The van der Waals surface area contributed by atoms with Crippen LogP contribution in [-0.2, 0) is 17.6 Å². The molecular formula is C24H25ClN6O2S. The minimum atomic E-state index is -0.202. The molecule has 5 rings (SSSR count). The zero-order valence-corrected chi connectivity index (χ0v) is 20.5. The first kappa shape index (κ1) is 22.7. The molecule has 3 heterocycles. The van der Waals surface area contributed by atoms with E-state index in [-0.39, 0.29) is 23.9 Å². The van der Waals surface area contributed by atoms with Crippen LogP contribution in [-0.4, -0.2) is 50.9 Å². The highest BCUT2D eigenvalue weighted by Gasteiger charge is 2.29. The standard InChI is InChI=1S/C24H25ClN6O2S/c1-13(2)22(32)27-15-9-10-31(12-15)24(33)30-23-28-18-8-7-14-11-26-21(29-19(14)20(18)34-23)16-5-3-4-6-17(16)25/h3-6,11,13,15H,7-10,12H2,1-2H3,(H,27,32)(H,28,30,33)/t15-/m1/s1. The topological polar surface area (TPSA) is 100 Å². The third-order valence-corrected chi connectivity index (χ3v) is 7.43.